The van der Waals surface area contributed by atoms with Gasteiger partial charge in [0.05, 0.1) is 5.69 Å². The second kappa shape index (κ2) is 4.45. The normalized spacial score (nSPS) is 21.5. The minimum atomic E-state index is 0.322. The van der Waals surface area contributed by atoms with Gasteiger partial charge in [-0.3, -0.25) is 0 Å². The zero-order valence-corrected chi connectivity index (χ0v) is 9.45. The molecule has 1 aromatic heterocycles. The first-order chi connectivity index (χ1) is 7.90. The van der Waals surface area contributed by atoms with Crippen LogP contribution in [0.5, 0.6) is 6.08 Å². The summed E-state index contributed by atoms with van der Waals surface area (Å²) in [5, 5.41) is 3.40. The fraction of sp³-hybridized carbons (Fsp3) is 0.750. The lowest BCUT2D eigenvalue weighted by Crippen LogP contribution is -2.15. The van der Waals surface area contributed by atoms with E-state index in [0.29, 0.717) is 18.2 Å². The average molecular weight is 222 g/mol. The van der Waals surface area contributed by atoms with Crippen molar-refractivity contribution in [3.8, 4) is 6.08 Å². The van der Waals surface area contributed by atoms with Gasteiger partial charge in [0.25, 0.3) is 0 Å². The molecule has 0 radical (unpaired) electrons. The summed E-state index contributed by atoms with van der Waals surface area (Å²) in [6.45, 7) is 0.794. The van der Waals surface area contributed by atoms with Crippen LogP contribution in [0.2, 0.25) is 0 Å². The van der Waals surface area contributed by atoms with Gasteiger partial charge in [0, 0.05) is 12.6 Å². The molecule has 0 saturated heterocycles. The highest BCUT2D eigenvalue weighted by molar-refractivity contribution is 5.01. The van der Waals surface area contributed by atoms with E-state index in [4.69, 9.17) is 9.15 Å². The SMILES string of the molecule is c1oc(OC2CCCC2)nc1CNC1CC1. The molecule has 0 atom stereocenters. The van der Waals surface area contributed by atoms with E-state index < -0.39 is 0 Å². The van der Waals surface area contributed by atoms with Crippen molar-refractivity contribution in [1.82, 2.24) is 10.3 Å². The molecule has 4 nitrogen and oxygen atoms in total. The molecule has 1 aromatic rings. The van der Waals surface area contributed by atoms with Crippen molar-refractivity contribution in [2.75, 3.05) is 0 Å². The number of rotatable bonds is 5. The van der Waals surface area contributed by atoms with Gasteiger partial charge >= 0.3 is 6.08 Å². The van der Waals surface area contributed by atoms with Crippen molar-refractivity contribution in [3.05, 3.63) is 12.0 Å². The van der Waals surface area contributed by atoms with Gasteiger partial charge in [-0.05, 0) is 38.5 Å². The predicted octanol–water partition coefficient (Wildman–Crippen LogP) is 2.25. The predicted molar refractivity (Wildman–Crippen MR) is 59.2 cm³/mol. The van der Waals surface area contributed by atoms with Crippen LogP contribution in [0.15, 0.2) is 10.7 Å². The lowest BCUT2D eigenvalue weighted by atomic mass is 10.3. The Morgan fingerprint density at radius 1 is 1.31 bits per heavy atom. The van der Waals surface area contributed by atoms with Crippen LogP contribution in [0.4, 0.5) is 0 Å². The number of hydrogen-bond donors (Lipinski definition) is 1. The van der Waals surface area contributed by atoms with Gasteiger partial charge in [-0.1, -0.05) is 0 Å². The van der Waals surface area contributed by atoms with E-state index >= 15 is 0 Å². The van der Waals surface area contributed by atoms with Crippen LogP contribution in [0.3, 0.4) is 0 Å². The molecule has 2 saturated carbocycles. The topological polar surface area (TPSA) is 47.3 Å². The third kappa shape index (κ3) is 2.55. The van der Waals surface area contributed by atoms with Crippen LogP contribution >= 0.6 is 0 Å². The summed E-state index contributed by atoms with van der Waals surface area (Å²) < 4.78 is 11.0. The largest absolute Gasteiger partial charge is 0.447 e. The van der Waals surface area contributed by atoms with Crippen LogP contribution in [0.25, 0.3) is 0 Å². The Labute approximate surface area is 95.4 Å². The number of oxazole rings is 1. The van der Waals surface area contributed by atoms with Gasteiger partial charge in [0.15, 0.2) is 0 Å². The van der Waals surface area contributed by atoms with Crippen molar-refractivity contribution >= 4 is 0 Å². The molecule has 16 heavy (non-hydrogen) atoms. The Morgan fingerprint density at radius 2 is 2.12 bits per heavy atom. The number of nitrogens with zero attached hydrogens (tertiary/aromatic N) is 1. The monoisotopic (exact) mass is 222 g/mol. The first-order valence-electron chi connectivity index (χ1n) is 6.24. The molecule has 88 valence electrons. The molecule has 0 aromatic carbocycles. The van der Waals surface area contributed by atoms with Crippen LogP contribution in [-0.2, 0) is 6.54 Å². The fourth-order valence-electron chi connectivity index (χ4n) is 2.11. The number of ether oxygens (including phenoxy) is 1. The highest BCUT2D eigenvalue weighted by atomic mass is 16.6. The quantitative estimate of drug-likeness (QED) is 0.830. The standard InChI is InChI=1S/C12H18N2O2/c1-2-4-11(3-1)16-12-14-10(8-15-12)7-13-9-5-6-9/h8-9,11,13H,1-7H2. The summed E-state index contributed by atoms with van der Waals surface area (Å²) in [7, 11) is 0. The summed E-state index contributed by atoms with van der Waals surface area (Å²) in [6, 6.07) is 0.705. The molecule has 3 rings (SSSR count). The van der Waals surface area contributed by atoms with E-state index in [0.717, 1.165) is 25.1 Å². The zero-order chi connectivity index (χ0) is 10.8. The van der Waals surface area contributed by atoms with Crippen molar-refractivity contribution < 1.29 is 9.15 Å². The maximum atomic E-state index is 5.67. The Kier molecular flexibility index (Phi) is 2.82. The number of aromatic nitrogens is 1. The molecule has 0 unspecified atom stereocenters. The van der Waals surface area contributed by atoms with Crippen molar-refractivity contribution in [1.29, 1.82) is 0 Å². The molecule has 0 amide bonds. The number of nitrogens with one attached hydrogen (secondary N) is 1. The van der Waals surface area contributed by atoms with Gasteiger partial charge in [0.1, 0.15) is 12.4 Å². The molecular weight excluding hydrogens is 204 g/mol. The van der Waals surface area contributed by atoms with E-state index in [1.165, 1.54) is 25.7 Å². The fourth-order valence-corrected chi connectivity index (χ4v) is 2.11. The minimum Gasteiger partial charge on any atom is -0.447 e. The smallest absolute Gasteiger partial charge is 0.394 e. The van der Waals surface area contributed by atoms with Crippen LogP contribution in [0.1, 0.15) is 44.2 Å². The first kappa shape index (κ1) is 10.1. The summed E-state index contributed by atoms with van der Waals surface area (Å²) in [5.41, 5.74) is 0.944. The molecule has 1 N–H and O–H groups in total. The van der Waals surface area contributed by atoms with Crippen LogP contribution in [0, 0.1) is 0 Å². The Bertz CT molecular complexity index is 341. The molecule has 1 heterocycles. The molecule has 2 aliphatic rings. The lowest BCUT2D eigenvalue weighted by molar-refractivity contribution is 0.152. The van der Waals surface area contributed by atoms with Crippen LogP contribution in [-0.4, -0.2) is 17.1 Å². The molecule has 2 fully saturated rings. The average Bonchev–Trinajstić information content (AvgIpc) is 2.78. The summed E-state index contributed by atoms with van der Waals surface area (Å²) in [6.07, 6.45) is 9.85. The molecule has 0 spiro atoms. The maximum absolute atomic E-state index is 5.67. The Morgan fingerprint density at radius 3 is 2.88 bits per heavy atom. The van der Waals surface area contributed by atoms with Gasteiger partial charge < -0.3 is 14.5 Å². The van der Waals surface area contributed by atoms with Crippen molar-refractivity contribution in [2.45, 2.75) is 57.2 Å². The van der Waals surface area contributed by atoms with Gasteiger partial charge in [-0.15, -0.1) is 0 Å². The highest BCUT2D eigenvalue weighted by Gasteiger charge is 2.21. The van der Waals surface area contributed by atoms with Crippen molar-refractivity contribution in [3.63, 3.8) is 0 Å². The first-order valence-corrected chi connectivity index (χ1v) is 6.24. The molecule has 4 heteroatoms. The summed E-state index contributed by atoms with van der Waals surface area (Å²) >= 11 is 0. The molecule has 2 aliphatic carbocycles. The molecule has 0 aliphatic heterocycles. The third-order valence-electron chi connectivity index (χ3n) is 3.25. The van der Waals surface area contributed by atoms with Gasteiger partial charge in [-0.25, -0.2) is 0 Å². The zero-order valence-electron chi connectivity index (χ0n) is 9.45. The van der Waals surface area contributed by atoms with Gasteiger partial charge in [0.2, 0.25) is 0 Å². The third-order valence-corrected chi connectivity index (χ3v) is 3.25. The second-order valence-electron chi connectivity index (χ2n) is 4.78. The second-order valence-corrected chi connectivity index (χ2v) is 4.78. The van der Waals surface area contributed by atoms with E-state index in [2.05, 4.69) is 10.3 Å². The number of hydrogen-bond acceptors (Lipinski definition) is 4. The van der Waals surface area contributed by atoms with E-state index in [-0.39, 0.29) is 0 Å². The lowest BCUT2D eigenvalue weighted by Gasteiger charge is -2.07. The Hall–Kier alpha value is -1.03. The molecular formula is C12H18N2O2. The summed E-state index contributed by atoms with van der Waals surface area (Å²) in [5.74, 6) is 0. The van der Waals surface area contributed by atoms with E-state index in [1.54, 1.807) is 6.26 Å². The van der Waals surface area contributed by atoms with Gasteiger partial charge in [-0.2, -0.15) is 4.98 Å². The summed E-state index contributed by atoms with van der Waals surface area (Å²) in [4.78, 5) is 4.32. The molecule has 0 bridgehead atoms. The van der Waals surface area contributed by atoms with Crippen molar-refractivity contribution in [2.24, 2.45) is 0 Å². The van der Waals surface area contributed by atoms with E-state index in [9.17, 15) is 0 Å². The van der Waals surface area contributed by atoms with Crippen LogP contribution < -0.4 is 10.1 Å². The van der Waals surface area contributed by atoms with E-state index in [1.807, 2.05) is 0 Å². The minimum absolute atomic E-state index is 0.322. The maximum Gasteiger partial charge on any atom is 0.394 e. The highest BCUT2D eigenvalue weighted by Crippen LogP contribution is 2.24. The Balaban J connectivity index is 1.50.